The fourth-order valence-electron chi connectivity index (χ4n) is 2.50. The summed E-state index contributed by atoms with van der Waals surface area (Å²) >= 11 is 0. The number of rotatable bonds is 6. The average Bonchev–Trinajstić information content (AvgIpc) is 2.47. The lowest BCUT2D eigenvalue weighted by atomic mass is 9.99. The van der Waals surface area contributed by atoms with Gasteiger partial charge in [-0.25, -0.2) is 0 Å². The predicted octanol–water partition coefficient (Wildman–Crippen LogP) is 3.23. The third-order valence-electron chi connectivity index (χ3n) is 3.61. The number of aryl methyl sites for hydroxylation is 2. The molecule has 0 amide bonds. The van der Waals surface area contributed by atoms with E-state index in [-0.39, 0.29) is 6.04 Å². The fraction of sp³-hybridized carbons (Fsp3) is 0.333. The Labute approximate surface area is 126 Å². The zero-order valence-electron chi connectivity index (χ0n) is 12.8. The van der Waals surface area contributed by atoms with E-state index < -0.39 is 0 Å². The molecule has 3 heteroatoms. The van der Waals surface area contributed by atoms with Gasteiger partial charge in [-0.05, 0) is 49.1 Å². The molecular formula is C18H24N2O. The van der Waals surface area contributed by atoms with Crippen molar-refractivity contribution in [2.24, 2.45) is 11.5 Å². The van der Waals surface area contributed by atoms with Crippen molar-refractivity contribution < 1.29 is 4.74 Å². The third kappa shape index (κ3) is 4.06. The van der Waals surface area contributed by atoms with E-state index in [1.807, 2.05) is 18.2 Å². The van der Waals surface area contributed by atoms with Crippen LogP contribution in [0.5, 0.6) is 5.75 Å². The van der Waals surface area contributed by atoms with Gasteiger partial charge in [0, 0.05) is 6.04 Å². The van der Waals surface area contributed by atoms with Crippen molar-refractivity contribution in [2.45, 2.75) is 32.9 Å². The highest BCUT2D eigenvalue weighted by atomic mass is 16.5. The minimum Gasteiger partial charge on any atom is -0.488 e. The molecule has 21 heavy (non-hydrogen) atoms. The molecule has 0 bridgehead atoms. The van der Waals surface area contributed by atoms with Crippen LogP contribution in [0.1, 0.15) is 34.7 Å². The maximum Gasteiger partial charge on any atom is 0.125 e. The molecule has 0 aliphatic heterocycles. The Balaban J connectivity index is 2.13. The maximum absolute atomic E-state index is 6.14. The van der Waals surface area contributed by atoms with Gasteiger partial charge in [-0.1, -0.05) is 42.5 Å². The first-order chi connectivity index (χ1) is 10.1. The minimum atomic E-state index is -0.00410. The molecule has 0 aliphatic carbocycles. The molecule has 2 aromatic rings. The zero-order chi connectivity index (χ0) is 15.2. The van der Waals surface area contributed by atoms with E-state index >= 15 is 0 Å². The van der Waals surface area contributed by atoms with E-state index in [1.165, 1.54) is 5.56 Å². The topological polar surface area (TPSA) is 61.3 Å². The van der Waals surface area contributed by atoms with E-state index in [4.69, 9.17) is 16.2 Å². The van der Waals surface area contributed by atoms with Crippen molar-refractivity contribution in [3.05, 3.63) is 64.7 Å². The van der Waals surface area contributed by atoms with Gasteiger partial charge in [0.05, 0.1) is 0 Å². The van der Waals surface area contributed by atoms with Gasteiger partial charge in [0.1, 0.15) is 12.4 Å². The molecule has 0 saturated carbocycles. The Hall–Kier alpha value is -1.84. The first-order valence-electron chi connectivity index (χ1n) is 7.35. The summed E-state index contributed by atoms with van der Waals surface area (Å²) in [5.41, 5.74) is 16.2. The van der Waals surface area contributed by atoms with E-state index in [0.29, 0.717) is 13.2 Å². The number of hydrogen-bond acceptors (Lipinski definition) is 3. The van der Waals surface area contributed by atoms with Crippen LogP contribution in [0.4, 0.5) is 0 Å². The number of hydrogen-bond donors (Lipinski definition) is 2. The van der Waals surface area contributed by atoms with Gasteiger partial charge in [0.2, 0.25) is 0 Å². The largest absolute Gasteiger partial charge is 0.488 e. The molecule has 1 atom stereocenters. The first-order valence-corrected chi connectivity index (χ1v) is 7.35. The van der Waals surface area contributed by atoms with Gasteiger partial charge in [-0.3, -0.25) is 0 Å². The average molecular weight is 284 g/mol. The van der Waals surface area contributed by atoms with Crippen LogP contribution >= 0.6 is 0 Å². The van der Waals surface area contributed by atoms with Gasteiger partial charge in [0.15, 0.2) is 0 Å². The van der Waals surface area contributed by atoms with Gasteiger partial charge in [-0.2, -0.15) is 0 Å². The van der Waals surface area contributed by atoms with Gasteiger partial charge in [-0.15, -0.1) is 0 Å². The highest BCUT2D eigenvalue weighted by molar-refractivity contribution is 5.44. The maximum atomic E-state index is 6.14. The lowest BCUT2D eigenvalue weighted by Gasteiger charge is -2.17. The third-order valence-corrected chi connectivity index (χ3v) is 3.61. The molecule has 112 valence electrons. The van der Waals surface area contributed by atoms with Gasteiger partial charge in [0.25, 0.3) is 0 Å². The molecule has 0 spiro atoms. The van der Waals surface area contributed by atoms with Crippen molar-refractivity contribution >= 4 is 0 Å². The van der Waals surface area contributed by atoms with Crippen LogP contribution in [0, 0.1) is 13.8 Å². The summed E-state index contributed by atoms with van der Waals surface area (Å²) in [6, 6.07) is 14.4. The van der Waals surface area contributed by atoms with Gasteiger partial charge >= 0.3 is 0 Å². The molecule has 3 nitrogen and oxygen atoms in total. The summed E-state index contributed by atoms with van der Waals surface area (Å²) < 4.78 is 5.98. The van der Waals surface area contributed by atoms with Crippen molar-refractivity contribution in [1.29, 1.82) is 0 Å². The van der Waals surface area contributed by atoms with Crippen LogP contribution in [0.15, 0.2) is 42.5 Å². The fourth-order valence-corrected chi connectivity index (χ4v) is 2.50. The van der Waals surface area contributed by atoms with Crippen molar-refractivity contribution in [2.75, 3.05) is 6.54 Å². The summed E-state index contributed by atoms with van der Waals surface area (Å²) in [4.78, 5) is 0. The molecule has 0 aliphatic rings. The molecule has 2 aromatic carbocycles. The van der Waals surface area contributed by atoms with Crippen LogP contribution in [-0.2, 0) is 6.61 Å². The van der Waals surface area contributed by atoms with Crippen LogP contribution < -0.4 is 16.2 Å². The molecular weight excluding hydrogens is 260 g/mol. The van der Waals surface area contributed by atoms with Crippen LogP contribution in [0.3, 0.4) is 0 Å². The molecule has 0 saturated heterocycles. The summed E-state index contributed by atoms with van der Waals surface area (Å²) in [6.45, 7) is 5.31. The Morgan fingerprint density at radius 2 is 1.67 bits per heavy atom. The standard InChI is InChI=1S/C18H24N2O/c1-13-10-16(17(20)8-9-19)11-14(2)18(13)21-12-15-6-4-3-5-7-15/h3-7,10-11,17H,8-9,12,19-20H2,1-2H3/t17-/m0/s1. The Morgan fingerprint density at radius 1 is 1.05 bits per heavy atom. The second-order valence-corrected chi connectivity index (χ2v) is 5.44. The highest BCUT2D eigenvalue weighted by Gasteiger charge is 2.11. The first kappa shape index (κ1) is 15.5. The summed E-state index contributed by atoms with van der Waals surface area (Å²) in [5.74, 6) is 0.947. The van der Waals surface area contributed by atoms with Crippen molar-refractivity contribution in [1.82, 2.24) is 0 Å². The summed E-state index contributed by atoms with van der Waals surface area (Å²) in [6.07, 6.45) is 0.795. The molecule has 4 N–H and O–H groups in total. The van der Waals surface area contributed by atoms with Crippen molar-refractivity contribution in [3.63, 3.8) is 0 Å². The number of ether oxygens (including phenoxy) is 1. The monoisotopic (exact) mass is 284 g/mol. The number of nitrogens with two attached hydrogens (primary N) is 2. The summed E-state index contributed by atoms with van der Waals surface area (Å²) in [5, 5.41) is 0. The molecule has 0 radical (unpaired) electrons. The SMILES string of the molecule is Cc1cc([C@@H](N)CCN)cc(C)c1OCc1ccccc1. The van der Waals surface area contributed by atoms with Crippen LogP contribution in [0.2, 0.25) is 0 Å². The second kappa shape index (κ2) is 7.25. The Bertz CT molecular complexity index is 558. The van der Waals surface area contributed by atoms with E-state index in [0.717, 1.165) is 28.9 Å². The molecule has 0 unspecified atom stereocenters. The normalized spacial score (nSPS) is 12.2. The van der Waals surface area contributed by atoms with E-state index in [1.54, 1.807) is 0 Å². The smallest absolute Gasteiger partial charge is 0.125 e. The zero-order valence-corrected chi connectivity index (χ0v) is 12.8. The molecule has 0 fully saturated rings. The Kier molecular flexibility index (Phi) is 5.37. The molecule has 0 aromatic heterocycles. The van der Waals surface area contributed by atoms with Crippen LogP contribution in [0.25, 0.3) is 0 Å². The van der Waals surface area contributed by atoms with Crippen molar-refractivity contribution in [3.8, 4) is 5.75 Å². The number of benzene rings is 2. The quantitative estimate of drug-likeness (QED) is 0.856. The molecule has 0 heterocycles. The second-order valence-electron chi connectivity index (χ2n) is 5.44. The highest BCUT2D eigenvalue weighted by Crippen LogP contribution is 2.28. The van der Waals surface area contributed by atoms with E-state index in [9.17, 15) is 0 Å². The molecule has 2 rings (SSSR count). The summed E-state index contributed by atoms with van der Waals surface area (Å²) in [7, 11) is 0. The predicted molar refractivity (Wildman–Crippen MR) is 87.3 cm³/mol. The van der Waals surface area contributed by atoms with Gasteiger partial charge < -0.3 is 16.2 Å². The Morgan fingerprint density at radius 3 is 2.24 bits per heavy atom. The minimum absolute atomic E-state index is 0.00410. The van der Waals surface area contributed by atoms with E-state index in [2.05, 4.69) is 38.1 Å². The lowest BCUT2D eigenvalue weighted by molar-refractivity contribution is 0.302. The van der Waals surface area contributed by atoms with Crippen LogP contribution in [-0.4, -0.2) is 6.54 Å². The lowest BCUT2D eigenvalue weighted by Crippen LogP contribution is -2.15.